The SMILES string of the molecule is Cc1c(-c2[nH]c3ccc(C4CCN(CC(=O)N(C)C)CC4)cc3c2C(C)C)ccc2nncn12. The predicted octanol–water partition coefficient (Wildman–Crippen LogP) is 4.58. The lowest BCUT2D eigenvalue weighted by Crippen LogP contribution is -2.40. The van der Waals surface area contributed by atoms with Crippen molar-refractivity contribution in [1.29, 1.82) is 0 Å². The number of carbonyl (C=O) groups is 1. The minimum Gasteiger partial charge on any atom is -0.354 e. The summed E-state index contributed by atoms with van der Waals surface area (Å²) in [5, 5.41) is 9.57. The number of nitrogens with one attached hydrogen (secondary N) is 1. The van der Waals surface area contributed by atoms with Gasteiger partial charge in [-0.05, 0) is 80.1 Å². The lowest BCUT2D eigenvalue weighted by Gasteiger charge is -2.32. The van der Waals surface area contributed by atoms with Crippen molar-refractivity contribution in [3.8, 4) is 11.3 Å². The topological polar surface area (TPSA) is 69.5 Å². The number of benzene rings is 1. The molecule has 0 bridgehead atoms. The maximum Gasteiger partial charge on any atom is 0.236 e. The average molecular weight is 459 g/mol. The number of nitrogens with zero attached hydrogens (tertiary/aromatic N) is 5. The molecule has 1 N–H and O–H groups in total. The molecule has 1 amide bonds. The number of hydrogen-bond donors (Lipinski definition) is 1. The van der Waals surface area contributed by atoms with E-state index < -0.39 is 0 Å². The summed E-state index contributed by atoms with van der Waals surface area (Å²) < 4.78 is 2.05. The third kappa shape index (κ3) is 3.98. The summed E-state index contributed by atoms with van der Waals surface area (Å²) in [5.74, 6) is 1.10. The van der Waals surface area contributed by atoms with E-state index in [-0.39, 0.29) is 5.91 Å². The molecule has 34 heavy (non-hydrogen) atoms. The van der Waals surface area contributed by atoms with Crippen molar-refractivity contribution in [2.75, 3.05) is 33.7 Å². The Kier molecular flexibility index (Phi) is 5.90. The van der Waals surface area contributed by atoms with Crippen molar-refractivity contribution in [2.24, 2.45) is 0 Å². The predicted molar refractivity (Wildman–Crippen MR) is 136 cm³/mol. The van der Waals surface area contributed by atoms with Crippen LogP contribution in [0.3, 0.4) is 0 Å². The van der Waals surface area contributed by atoms with Gasteiger partial charge in [-0.1, -0.05) is 19.9 Å². The normalized spacial score (nSPS) is 15.6. The molecule has 4 heterocycles. The number of aromatic amines is 1. The molecule has 3 aromatic heterocycles. The minimum absolute atomic E-state index is 0.182. The van der Waals surface area contributed by atoms with E-state index in [0.29, 0.717) is 18.4 Å². The first-order chi connectivity index (χ1) is 16.3. The van der Waals surface area contributed by atoms with E-state index in [4.69, 9.17) is 0 Å². The van der Waals surface area contributed by atoms with Crippen LogP contribution in [-0.2, 0) is 4.79 Å². The molecule has 1 aliphatic rings. The van der Waals surface area contributed by atoms with Crippen LogP contribution in [0.15, 0.2) is 36.7 Å². The van der Waals surface area contributed by atoms with Gasteiger partial charge in [0.15, 0.2) is 5.65 Å². The molecule has 0 spiro atoms. The molecule has 0 unspecified atom stereocenters. The number of hydrogen-bond acceptors (Lipinski definition) is 4. The van der Waals surface area contributed by atoms with Crippen LogP contribution in [0.1, 0.15) is 55.3 Å². The minimum atomic E-state index is 0.182. The highest BCUT2D eigenvalue weighted by atomic mass is 16.2. The van der Waals surface area contributed by atoms with Crippen molar-refractivity contribution in [3.05, 3.63) is 53.5 Å². The van der Waals surface area contributed by atoms with E-state index in [0.717, 1.165) is 37.3 Å². The number of aryl methyl sites for hydroxylation is 1. The van der Waals surface area contributed by atoms with Gasteiger partial charge in [0.1, 0.15) is 6.33 Å². The lowest BCUT2D eigenvalue weighted by atomic mass is 9.87. The van der Waals surface area contributed by atoms with Gasteiger partial charge in [-0.25, -0.2) is 0 Å². The van der Waals surface area contributed by atoms with E-state index >= 15 is 0 Å². The number of piperidine rings is 1. The monoisotopic (exact) mass is 458 g/mol. The van der Waals surface area contributed by atoms with Crippen LogP contribution >= 0.6 is 0 Å². The van der Waals surface area contributed by atoms with Crippen LogP contribution in [0.5, 0.6) is 0 Å². The molecule has 1 saturated heterocycles. The molecule has 1 fully saturated rings. The summed E-state index contributed by atoms with van der Waals surface area (Å²) in [4.78, 5) is 19.8. The summed E-state index contributed by atoms with van der Waals surface area (Å²) in [5.41, 5.74) is 8.32. The van der Waals surface area contributed by atoms with E-state index in [1.165, 1.54) is 33.3 Å². The number of pyridine rings is 1. The Hall–Kier alpha value is -3.19. The smallest absolute Gasteiger partial charge is 0.236 e. The average Bonchev–Trinajstić information content (AvgIpc) is 3.44. The summed E-state index contributed by atoms with van der Waals surface area (Å²) in [6, 6.07) is 11.1. The fourth-order valence-corrected chi connectivity index (χ4v) is 5.34. The first-order valence-corrected chi connectivity index (χ1v) is 12.2. The second-order valence-corrected chi connectivity index (χ2v) is 10.1. The quantitative estimate of drug-likeness (QED) is 0.475. The molecule has 1 aliphatic heterocycles. The van der Waals surface area contributed by atoms with Gasteiger partial charge < -0.3 is 9.88 Å². The Morgan fingerprint density at radius 3 is 2.65 bits per heavy atom. The zero-order chi connectivity index (χ0) is 24.0. The molecular weight excluding hydrogens is 424 g/mol. The van der Waals surface area contributed by atoms with E-state index in [9.17, 15) is 4.79 Å². The maximum absolute atomic E-state index is 12.1. The number of rotatable bonds is 5. The van der Waals surface area contributed by atoms with Crippen molar-refractivity contribution in [1.82, 2.24) is 29.4 Å². The number of H-pyrrole nitrogens is 1. The first kappa shape index (κ1) is 22.6. The maximum atomic E-state index is 12.1. The zero-order valence-electron chi connectivity index (χ0n) is 20.8. The number of fused-ring (bicyclic) bond motifs is 2. The molecule has 0 atom stereocenters. The highest BCUT2D eigenvalue weighted by molar-refractivity contribution is 5.92. The van der Waals surface area contributed by atoms with E-state index in [1.807, 2.05) is 24.6 Å². The molecular formula is C27H34N6O. The number of likely N-dealkylation sites (tertiary alicyclic amines) is 1. The van der Waals surface area contributed by atoms with Gasteiger partial charge in [0, 0.05) is 36.3 Å². The molecule has 0 saturated carbocycles. The third-order valence-electron chi connectivity index (χ3n) is 7.35. The first-order valence-electron chi connectivity index (χ1n) is 12.2. The summed E-state index contributed by atoms with van der Waals surface area (Å²) in [7, 11) is 3.65. The summed E-state index contributed by atoms with van der Waals surface area (Å²) in [6.07, 6.45) is 3.95. The Labute approximate surface area is 200 Å². The number of aromatic nitrogens is 4. The van der Waals surface area contributed by atoms with Crippen molar-refractivity contribution >= 4 is 22.5 Å². The van der Waals surface area contributed by atoms with Gasteiger partial charge in [0.05, 0.1) is 12.2 Å². The third-order valence-corrected chi connectivity index (χ3v) is 7.35. The van der Waals surface area contributed by atoms with Crippen LogP contribution in [0, 0.1) is 6.92 Å². The van der Waals surface area contributed by atoms with Crippen LogP contribution < -0.4 is 0 Å². The Morgan fingerprint density at radius 2 is 1.94 bits per heavy atom. The highest BCUT2D eigenvalue weighted by Gasteiger charge is 2.24. The molecule has 1 aromatic carbocycles. The Balaban J connectivity index is 1.46. The summed E-state index contributed by atoms with van der Waals surface area (Å²) in [6.45, 7) is 9.12. The molecule has 178 valence electrons. The fraction of sp³-hybridized carbons (Fsp3) is 0.444. The second-order valence-electron chi connectivity index (χ2n) is 10.1. The Morgan fingerprint density at radius 1 is 1.18 bits per heavy atom. The van der Waals surface area contributed by atoms with Crippen LogP contribution in [0.2, 0.25) is 0 Å². The largest absolute Gasteiger partial charge is 0.354 e. The molecule has 0 aliphatic carbocycles. The molecule has 5 rings (SSSR count). The molecule has 7 nitrogen and oxygen atoms in total. The van der Waals surface area contributed by atoms with E-state index in [2.05, 4.69) is 65.1 Å². The fourth-order valence-electron chi connectivity index (χ4n) is 5.34. The number of likely N-dealkylation sites (N-methyl/N-ethyl adjacent to an activating group) is 1. The summed E-state index contributed by atoms with van der Waals surface area (Å²) >= 11 is 0. The molecule has 0 radical (unpaired) electrons. The molecule has 7 heteroatoms. The zero-order valence-corrected chi connectivity index (χ0v) is 20.8. The number of carbonyl (C=O) groups excluding carboxylic acids is 1. The standard InChI is InChI=1S/C27H34N6O/c1-17(2)26-22-14-20(19-10-12-32(13-11-19)15-25(34)31(4)5)6-8-23(22)29-27(26)21-7-9-24-30-28-16-33(24)18(21)3/h6-9,14,16-17,19,29H,10-13,15H2,1-5H3. The van der Waals surface area contributed by atoms with Gasteiger partial charge in [-0.3, -0.25) is 14.1 Å². The van der Waals surface area contributed by atoms with Crippen LogP contribution in [0.4, 0.5) is 0 Å². The van der Waals surface area contributed by atoms with Gasteiger partial charge in [-0.2, -0.15) is 0 Å². The highest BCUT2D eigenvalue weighted by Crippen LogP contribution is 2.39. The second kappa shape index (κ2) is 8.87. The Bertz CT molecular complexity index is 1340. The van der Waals surface area contributed by atoms with Crippen LogP contribution in [0.25, 0.3) is 27.8 Å². The van der Waals surface area contributed by atoms with Gasteiger partial charge in [0.25, 0.3) is 0 Å². The molecule has 4 aromatic rings. The lowest BCUT2D eigenvalue weighted by molar-refractivity contribution is -0.130. The van der Waals surface area contributed by atoms with Crippen LogP contribution in [-0.4, -0.2) is 69.0 Å². The van der Waals surface area contributed by atoms with Gasteiger partial charge in [0.2, 0.25) is 5.91 Å². The van der Waals surface area contributed by atoms with Crippen molar-refractivity contribution in [2.45, 2.75) is 45.4 Å². The van der Waals surface area contributed by atoms with E-state index in [1.54, 1.807) is 11.2 Å². The van der Waals surface area contributed by atoms with Gasteiger partial charge in [-0.15, -0.1) is 10.2 Å². The van der Waals surface area contributed by atoms with Crippen molar-refractivity contribution < 1.29 is 4.79 Å². The number of amides is 1. The van der Waals surface area contributed by atoms with Gasteiger partial charge >= 0.3 is 0 Å². The van der Waals surface area contributed by atoms with Crippen molar-refractivity contribution in [3.63, 3.8) is 0 Å².